The summed E-state index contributed by atoms with van der Waals surface area (Å²) >= 11 is 0. The van der Waals surface area contributed by atoms with Gasteiger partial charge in [-0.25, -0.2) is 0 Å². The molecular weight excluding hydrogens is 180 g/mol. The fraction of sp³-hybridized carbons (Fsp3) is 0.727. The average molecular weight is 198 g/mol. The van der Waals surface area contributed by atoms with Crippen LogP contribution in [0.25, 0.3) is 0 Å². The molecule has 2 atom stereocenters. The summed E-state index contributed by atoms with van der Waals surface area (Å²) in [6.45, 7) is 6.07. The smallest absolute Gasteiger partial charge is 0.303 e. The van der Waals surface area contributed by atoms with Crippen LogP contribution in [0.2, 0.25) is 0 Å². The largest absolute Gasteiger partial charge is 0.481 e. The second kappa shape index (κ2) is 5.15. The molecule has 1 saturated heterocycles. The zero-order chi connectivity index (χ0) is 10.6. The first-order valence-electron chi connectivity index (χ1n) is 5.18. The van der Waals surface area contributed by atoms with Crippen LogP contribution in [0.5, 0.6) is 0 Å². The third-order valence-corrected chi connectivity index (χ3v) is 2.53. The molecule has 1 aliphatic heterocycles. The van der Waals surface area contributed by atoms with Crippen LogP contribution in [0.15, 0.2) is 12.2 Å². The zero-order valence-electron chi connectivity index (χ0n) is 8.66. The lowest BCUT2D eigenvalue weighted by atomic mass is 10.0. The normalized spacial score (nSPS) is 26.8. The molecule has 80 valence electrons. The van der Waals surface area contributed by atoms with Gasteiger partial charge in [-0.15, -0.1) is 0 Å². The van der Waals surface area contributed by atoms with E-state index in [1.165, 1.54) is 0 Å². The van der Waals surface area contributed by atoms with Crippen molar-refractivity contribution >= 4 is 5.97 Å². The second-order valence-corrected chi connectivity index (χ2v) is 3.83. The molecule has 0 unspecified atom stereocenters. The van der Waals surface area contributed by atoms with Gasteiger partial charge in [0.05, 0.1) is 12.2 Å². The van der Waals surface area contributed by atoms with Crippen LogP contribution in [0.1, 0.15) is 39.0 Å². The van der Waals surface area contributed by atoms with Gasteiger partial charge in [0, 0.05) is 6.42 Å². The molecule has 0 aromatic rings. The standard InChI is InChI=1S/C11H18O3/c1-3-4-10-8(2)7-9(14-10)5-6-11(12)13/h9-10H,2-7H2,1H3,(H,12,13)/t9-,10-/m0/s1. The SMILES string of the molecule is C=C1C[C@H](CCC(=O)O)O[C@H]1CCC. The molecular formula is C11H18O3. The van der Waals surface area contributed by atoms with Crippen molar-refractivity contribution < 1.29 is 14.6 Å². The van der Waals surface area contributed by atoms with Gasteiger partial charge in [0.25, 0.3) is 0 Å². The van der Waals surface area contributed by atoms with Crippen molar-refractivity contribution in [1.29, 1.82) is 0 Å². The van der Waals surface area contributed by atoms with Crippen molar-refractivity contribution in [3.63, 3.8) is 0 Å². The van der Waals surface area contributed by atoms with Gasteiger partial charge >= 0.3 is 5.97 Å². The van der Waals surface area contributed by atoms with Crippen LogP contribution in [0.4, 0.5) is 0 Å². The van der Waals surface area contributed by atoms with E-state index >= 15 is 0 Å². The molecule has 0 aliphatic carbocycles. The van der Waals surface area contributed by atoms with Gasteiger partial charge in [0.15, 0.2) is 0 Å². The maximum atomic E-state index is 10.4. The van der Waals surface area contributed by atoms with Crippen molar-refractivity contribution in [2.24, 2.45) is 0 Å². The number of carbonyl (C=O) groups is 1. The monoisotopic (exact) mass is 198 g/mol. The Morgan fingerprint density at radius 2 is 2.36 bits per heavy atom. The summed E-state index contributed by atoms with van der Waals surface area (Å²) < 4.78 is 5.70. The fourth-order valence-corrected chi connectivity index (χ4v) is 1.79. The molecule has 0 saturated carbocycles. The van der Waals surface area contributed by atoms with Crippen molar-refractivity contribution in [2.75, 3.05) is 0 Å². The van der Waals surface area contributed by atoms with Gasteiger partial charge in [0.1, 0.15) is 0 Å². The van der Waals surface area contributed by atoms with E-state index in [0.29, 0.717) is 6.42 Å². The Morgan fingerprint density at radius 1 is 1.64 bits per heavy atom. The maximum absolute atomic E-state index is 10.4. The summed E-state index contributed by atoms with van der Waals surface area (Å²) in [4.78, 5) is 10.4. The molecule has 3 heteroatoms. The summed E-state index contributed by atoms with van der Waals surface area (Å²) in [7, 11) is 0. The first kappa shape index (κ1) is 11.2. The lowest BCUT2D eigenvalue weighted by Gasteiger charge is -2.11. The van der Waals surface area contributed by atoms with Crippen molar-refractivity contribution in [1.82, 2.24) is 0 Å². The summed E-state index contributed by atoms with van der Waals surface area (Å²) in [5.74, 6) is -0.752. The van der Waals surface area contributed by atoms with E-state index in [-0.39, 0.29) is 18.6 Å². The van der Waals surface area contributed by atoms with Crippen LogP contribution in [0.3, 0.4) is 0 Å². The molecule has 0 radical (unpaired) electrons. The van der Waals surface area contributed by atoms with Gasteiger partial charge in [-0.1, -0.05) is 19.9 Å². The second-order valence-electron chi connectivity index (χ2n) is 3.83. The lowest BCUT2D eigenvalue weighted by Crippen LogP contribution is -2.12. The average Bonchev–Trinajstić information content (AvgIpc) is 2.45. The highest BCUT2D eigenvalue weighted by Gasteiger charge is 2.27. The number of rotatable bonds is 5. The number of aliphatic carboxylic acids is 1. The van der Waals surface area contributed by atoms with Gasteiger partial charge < -0.3 is 9.84 Å². The topological polar surface area (TPSA) is 46.5 Å². The number of ether oxygens (including phenoxy) is 1. The van der Waals surface area contributed by atoms with Crippen molar-refractivity contribution in [3.05, 3.63) is 12.2 Å². The van der Waals surface area contributed by atoms with Crippen molar-refractivity contribution in [2.45, 2.75) is 51.2 Å². The Morgan fingerprint density at radius 3 is 2.93 bits per heavy atom. The molecule has 1 rings (SSSR count). The third-order valence-electron chi connectivity index (χ3n) is 2.53. The first-order valence-corrected chi connectivity index (χ1v) is 5.18. The molecule has 0 spiro atoms. The molecule has 1 aliphatic rings. The Kier molecular flexibility index (Phi) is 4.14. The number of carboxylic acid groups (broad SMARTS) is 1. The zero-order valence-corrected chi connectivity index (χ0v) is 8.66. The lowest BCUT2D eigenvalue weighted by molar-refractivity contribution is -0.137. The quantitative estimate of drug-likeness (QED) is 0.690. The highest BCUT2D eigenvalue weighted by Crippen LogP contribution is 2.29. The minimum absolute atomic E-state index is 0.0788. The Hall–Kier alpha value is -0.830. The maximum Gasteiger partial charge on any atom is 0.303 e. The Labute approximate surface area is 84.8 Å². The van der Waals surface area contributed by atoms with E-state index < -0.39 is 5.97 Å². The summed E-state index contributed by atoms with van der Waals surface area (Å²) in [5.41, 5.74) is 1.13. The van der Waals surface area contributed by atoms with Crippen LogP contribution in [-0.4, -0.2) is 23.3 Å². The van der Waals surface area contributed by atoms with Gasteiger partial charge in [-0.3, -0.25) is 4.79 Å². The predicted molar refractivity (Wildman–Crippen MR) is 54.2 cm³/mol. The van der Waals surface area contributed by atoms with E-state index in [0.717, 1.165) is 24.8 Å². The molecule has 14 heavy (non-hydrogen) atoms. The first-order chi connectivity index (χ1) is 6.63. The summed E-state index contributed by atoms with van der Waals surface area (Å²) in [6, 6.07) is 0. The Bertz CT molecular complexity index is 223. The molecule has 1 fully saturated rings. The molecule has 0 bridgehead atoms. The fourth-order valence-electron chi connectivity index (χ4n) is 1.79. The van der Waals surface area contributed by atoms with Crippen LogP contribution in [0, 0.1) is 0 Å². The minimum atomic E-state index is -0.752. The van der Waals surface area contributed by atoms with E-state index in [2.05, 4.69) is 13.5 Å². The van der Waals surface area contributed by atoms with E-state index in [1.807, 2.05) is 0 Å². The molecule has 0 amide bonds. The van der Waals surface area contributed by atoms with Crippen LogP contribution >= 0.6 is 0 Å². The summed E-state index contributed by atoms with van der Waals surface area (Å²) in [5, 5.41) is 8.53. The number of carboxylic acids is 1. The third kappa shape index (κ3) is 3.14. The highest BCUT2D eigenvalue weighted by atomic mass is 16.5. The molecule has 0 aromatic heterocycles. The highest BCUT2D eigenvalue weighted by molar-refractivity contribution is 5.66. The van der Waals surface area contributed by atoms with Crippen LogP contribution < -0.4 is 0 Å². The molecule has 1 N–H and O–H groups in total. The van der Waals surface area contributed by atoms with Gasteiger partial charge in [-0.2, -0.15) is 0 Å². The van der Waals surface area contributed by atoms with Gasteiger partial charge in [-0.05, 0) is 24.8 Å². The molecule has 1 heterocycles. The Balaban J connectivity index is 2.31. The van der Waals surface area contributed by atoms with Gasteiger partial charge in [0.2, 0.25) is 0 Å². The predicted octanol–water partition coefficient (Wildman–Crippen LogP) is 2.37. The number of hydrogen-bond acceptors (Lipinski definition) is 2. The van der Waals surface area contributed by atoms with E-state index in [1.54, 1.807) is 0 Å². The number of hydrogen-bond donors (Lipinski definition) is 1. The molecule has 0 aromatic carbocycles. The summed E-state index contributed by atoms with van der Waals surface area (Å²) in [6.07, 6.45) is 3.95. The molecule has 3 nitrogen and oxygen atoms in total. The van der Waals surface area contributed by atoms with Crippen LogP contribution in [-0.2, 0) is 9.53 Å². The van der Waals surface area contributed by atoms with Crippen molar-refractivity contribution in [3.8, 4) is 0 Å². The van der Waals surface area contributed by atoms with E-state index in [9.17, 15) is 4.79 Å². The minimum Gasteiger partial charge on any atom is -0.481 e. The van der Waals surface area contributed by atoms with E-state index in [4.69, 9.17) is 9.84 Å².